The van der Waals surface area contributed by atoms with Gasteiger partial charge in [0.25, 0.3) is 0 Å². The van der Waals surface area contributed by atoms with Gasteiger partial charge in [-0.05, 0) is 36.5 Å². The fourth-order valence-electron chi connectivity index (χ4n) is 3.90. The molecule has 4 nitrogen and oxygen atoms in total. The van der Waals surface area contributed by atoms with Crippen LogP contribution in [-0.2, 0) is 13.0 Å². The van der Waals surface area contributed by atoms with Crippen LogP contribution < -0.4 is 5.32 Å². The van der Waals surface area contributed by atoms with E-state index in [1.807, 2.05) is 6.07 Å². The summed E-state index contributed by atoms with van der Waals surface area (Å²) in [5, 5.41) is 11.8. The van der Waals surface area contributed by atoms with Crippen LogP contribution >= 0.6 is 0 Å². The smallest absolute Gasteiger partial charge is 0.157 e. The molecule has 2 aromatic rings. The summed E-state index contributed by atoms with van der Waals surface area (Å²) in [5.41, 5.74) is 2.70. The molecule has 2 heterocycles. The zero-order valence-electron chi connectivity index (χ0n) is 13.3. The number of rotatable bonds is 2. The predicted octanol–water partition coefficient (Wildman–Crippen LogP) is 3.99. The topological polar surface area (TPSA) is 50.2 Å². The van der Waals surface area contributed by atoms with Crippen molar-refractivity contribution in [1.29, 1.82) is 0 Å². The van der Waals surface area contributed by atoms with E-state index in [0.29, 0.717) is 0 Å². The van der Waals surface area contributed by atoms with E-state index in [9.17, 15) is 0 Å². The molecule has 0 radical (unpaired) electrons. The lowest BCUT2D eigenvalue weighted by molar-refractivity contribution is 0.277. The number of amidine groups is 1. The second kappa shape index (κ2) is 6.11. The number of hydrogen-bond donors (Lipinski definition) is 1. The van der Waals surface area contributed by atoms with Gasteiger partial charge >= 0.3 is 0 Å². The van der Waals surface area contributed by atoms with Gasteiger partial charge in [-0.25, -0.2) is 0 Å². The summed E-state index contributed by atoms with van der Waals surface area (Å²) in [6.45, 7) is 0.723. The first-order valence-corrected chi connectivity index (χ1v) is 8.52. The van der Waals surface area contributed by atoms with Crippen LogP contribution in [0, 0.1) is 5.41 Å². The zero-order valence-corrected chi connectivity index (χ0v) is 13.3. The van der Waals surface area contributed by atoms with E-state index in [-0.39, 0.29) is 5.41 Å². The van der Waals surface area contributed by atoms with Crippen LogP contribution in [0.5, 0.6) is 0 Å². The van der Waals surface area contributed by atoms with Crippen molar-refractivity contribution >= 4 is 11.7 Å². The van der Waals surface area contributed by atoms with E-state index >= 15 is 0 Å². The monoisotopic (exact) mass is 306 g/mol. The number of nitrogens with one attached hydrogen (secondary N) is 1. The first kappa shape index (κ1) is 14.4. The molecule has 23 heavy (non-hydrogen) atoms. The number of nitrogens with zero attached hydrogens (tertiary/aromatic N) is 3. The van der Waals surface area contributed by atoms with E-state index in [1.54, 1.807) is 6.20 Å². The van der Waals surface area contributed by atoms with E-state index in [2.05, 4.69) is 45.8 Å². The van der Waals surface area contributed by atoms with Crippen LogP contribution in [0.3, 0.4) is 0 Å². The van der Waals surface area contributed by atoms with E-state index in [1.165, 1.54) is 43.2 Å². The lowest BCUT2D eigenvalue weighted by atomic mass is 9.68. The molecule has 1 aliphatic carbocycles. The van der Waals surface area contributed by atoms with Crippen molar-refractivity contribution in [3.63, 3.8) is 0 Å². The molecule has 1 aliphatic heterocycles. The van der Waals surface area contributed by atoms with Gasteiger partial charge in [0.15, 0.2) is 5.82 Å². The Bertz CT molecular complexity index is 702. The van der Waals surface area contributed by atoms with Crippen LogP contribution in [0.25, 0.3) is 0 Å². The first-order chi connectivity index (χ1) is 11.4. The summed E-state index contributed by atoms with van der Waals surface area (Å²) in [7, 11) is 0. The van der Waals surface area contributed by atoms with E-state index in [0.717, 1.165) is 24.6 Å². The third-order valence-electron chi connectivity index (χ3n) is 5.15. The van der Waals surface area contributed by atoms with Crippen LogP contribution in [-0.4, -0.2) is 16.0 Å². The van der Waals surface area contributed by atoms with Crippen LogP contribution in [0.2, 0.25) is 0 Å². The average molecular weight is 306 g/mol. The van der Waals surface area contributed by atoms with Crippen LogP contribution in [0.1, 0.15) is 43.2 Å². The summed E-state index contributed by atoms with van der Waals surface area (Å²) in [6, 6.07) is 12.5. The van der Waals surface area contributed by atoms with E-state index < -0.39 is 0 Å². The standard InChI is InChI=1S/C19H22N4/c1-3-7-15(8-4-1)14-20-18-19(10-5-2-6-11-19)13-16-9-12-21-23-17(16)22-18/h1,3-4,7-9,12H,2,5-6,10-11,13-14H2,(H,20,22,23). The molecule has 0 unspecified atom stereocenters. The highest BCUT2D eigenvalue weighted by molar-refractivity contribution is 6.01. The maximum atomic E-state index is 4.97. The first-order valence-electron chi connectivity index (χ1n) is 8.52. The van der Waals surface area contributed by atoms with Crippen molar-refractivity contribution in [3.8, 4) is 0 Å². The van der Waals surface area contributed by atoms with Crippen molar-refractivity contribution < 1.29 is 0 Å². The second-order valence-electron chi connectivity index (χ2n) is 6.70. The van der Waals surface area contributed by atoms with Crippen molar-refractivity contribution in [1.82, 2.24) is 10.2 Å². The molecule has 118 valence electrons. The van der Waals surface area contributed by atoms with Gasteiger partial charge in [0.2, 0.25) is 0 Å². The Hall–Kier alpha value is -2.23. The number of anilines is 1. The number of aliphatic imine (C=N–C) groups is 1. The summed E-state index contributed by atoms with van der Waals surface area (Å²) >= 11 is 0. The Balaban J connectivity index is 1.67. The Labute approximate surface area is 137 Å². The second-order valence-corrected chi connectivity index (χ2v) is 6.70. The molecule has 1 N–H and O–H groups in total. The molecule has 0 bridgehead atoms. The molecule has 0 amide bonds. The fraction of sp³-hybridized carbons (Fsp3) is 0.421. The highest BCUT2D eigenvalue weighted by Gasteiger charge is 2.41. The Morgan fingerprint density at radius 2 is 1.87 bits per heavy atom. The molecule has 2 aliphatic rings. The van der Waals surface area contributed by atoms with Crippen molar-refractivity contribution in [3.05, 3.63) is 53.7 Å². The minimum atomic E-state index is 0.170. The van der Waals surface area contributed by atoms with Crippen molar-refractivity contribution in [2.24, 2.45) is 10.4 Å². The van der Waals surface area contributed by atoms with E-state index in [4.69, 9.17) is 4.99 Å². The largest absolute Gasteiger partial charge is 0.327 e. The lowest BCUT2D eigenvalue weighted by Gasteiger charge is -2.42. The van der Waals surface area contributed by atoms with Crippen LogP contribution in [0.4, 0.5) is 5.82 Å². The summed E-state index contributed by atoms with van der Waals surface area (Å²) < 4.78 is 0. The lowest BCUT2D eigenvalue weighted by Crippen LogP contribution is -2.44. The van der Waals surface area contributed by atoms with Gasteiger partial charge in [0.1, 0.15) is 5.84 Å². The average Bonchev–Trinajstić information content (AvgIpc) is 2.61. The third-order valence-corrected chi connectivity index (χ3v) is 5.15. The quantitative estimate of drug-likeness (QED) is 0.912. The number of fused-ring (bicyclic) bond motifs is 1. The molecule has 1 saturated carbocycles. The maximum Gasteiger partial charge on any atom is 0.157 e. The van der Waals surface area contributed by atoms with Gasteiger partial charge in [0.05, 0.1) is 12.7 Å². The molecule has 1 fully saturated rings. The number of benzene rings is 1. The minimum absolute atomic E-state index is 0.170. The molecule has 0 atom stereocenters. The van der Waals surface area contributed by atoms with Gasteiger partial charge in [-0.1, -0.05) is 49.6 Å². The molecular weight excluding hydrogens is 284 g/mol. The van der Waals surface area contributed by atoms with Crippen molar-refractivity contribution in [2.45, 2.75) is 45.1 Å². The molecule has 0 saturated heterocycles. The molecule has 4 rings (SSSR count). The molecular formula is C19H22N4. The normalized spacial score (nSPS) is 21.0. The van der Waals surface area contributed by atoms with Gasteiger partial charge in [0, 0.05) is 5.41 Å². The Kier molecular flexibility index (Phi) is 3.82. The SMILES string of the molecule is c1ccc(CN=C2Nc3nnccc3CC23CCCCC3)cc1. The van der Waals surface area contributed by atoms with Gasteiger partial charge in [-0.2, -0.15) is 5.10 Å². The zero-order chi connectivity index (χ0) is 15.5. The Morgan fingerprint density at radius 1 is 1.04 bits per heavy atom. The highest BCUT2D eigenvalue weighted by atomic mass is 15.2. The molecule has 1 spiro atoms. The highest BCUT2D eigenvalue weighted by Crippen LogP contribution is 2.44. The molecule has 4 heteroatoms. The summed E-state index contributed by atoms with van der Waals surface area (Å²) in [4.78, 5) is 4.97. The van der Waals surface area contributed by atoms with Crippen molar-refractivity contribution in [2.75, 3.05) is 5.32 Å². The minimum Gasteiger partial charge on any atom is -0.327 e. The number of aromatic nitrogens is 2. The third kappa shape index (κ3) is 2.85. The van der Waals surface area contributed by atoms with Crippen LogP contribution in [0.15, 0.2) is 47.6 Å². The predicted molar refractivity (Wildman–Crippen MR) is 92.5 cm³/mol. The fourth-order valence-corrected chi connectivity index (χ4v) is 3.90. The summed E-state index contributed by atoms with van der Waals surface area (Å²) in [6.07, 6.45) is 9.20. The van der Waals surface area contributed by atoms with Gasteiger partial charge in [-0.15, -0.1) is 5.10 Å². The van der Waals surface area contributed by atoms with Gasteiger partial charge < -0.3 is 5.32 Å². The summed E-state index contributed by atoms with van der Waals surface area (Å²) in [5.74, 6) is 2.00. The Morgan fingerprint density at radius 3 is 2.70 bits per heavy atom. The number of hydrogen-bond acceptors (Lipinski definition) is 3. The molecule has 1 aromatic heterocycles. The maximum absolute atomic E-state index is 4.97. The molecule has 1 aromatic carbocycles. The van der Waals surface area contributed by atoms with Gasteiger partial charge in [-0.3, -0.25) is 4.99 Å².